The van der Waals surface area contributed by atoms with Gasteiger partial charge in [-0.25, -0.2) is 4.39 Å². The second kappa shape index (κ2) is 6.99. The predicted molar refractivity (Wildman–Crippen MR) is 99.2 cm³/mol. The highest BCUT2D eigenvalue weighted by Crippen LogP contribution is 2.18. The van der Waals surface area contributed by atoms with Crippen molar-refractivity contribution in [3.05, 3.63) is 65.2 Å². The summed E-state index contributed by atoms with van der Waals surface area (Å²) in [5.74, 6) is 0.0920. The van der Waals surface area contributed by atoms with Crippen LogP contribution in [0.15, 0.2) is 42.5 Å². The van der Waals surface area contributed by atoms with Crippen LogP contribution in [0.3, 0.4) is 0 Å². The Morgan fingerprint density at radius 2 is 2.00 bits per heavy atom. The maximum atomic E-state index is 13.3. The molecule has 2 heterocycles. The fraction of sp³-hybridized carbons (Fsp3) is 0.111. The molecule has 28 heavy (non-hydrogen) atoms. The number of aromatic nitrogens is 6. The molecule has 4 aromatic rings. The van der Waals surface area contributed by atoms with Crippen LogP contribution in [0.5, 0.6) is 0 Å². The summed E-state index contributed by atoms with van der Waals surface area (Å²) in [5.41, 5.74) is 7.30. The van der Waals surface area contributed by atoms with E-state index >= 15 is 0 Å². The van der Waals surface area contributed by atoms with Crippen molar-refractivity contribution in [1.82, 2.24) is 29.9 Å². The van der Waals surface area contributed by atoms with Gasteiger partial charge in [-0.15, -0.1) is 5.10 Å². The number of nitrogens with one attached hydrogen (secondary N) is 1. The number of carbonyl (C=O) groups is 1. The first-order valence-electron chi connectivity index (χ1n) is 8.37. The van der Waals surface area contributed by atoms with Crippen LogP contribution >= 0.6 is 0 Å². The molecule has 4 rings (SSSR count). The van der Waals surface area contributed by atoms with Gasteiger partial charge >= 0.3 is 0 Å². The molecule has 0 saturated heterocycles. The van der Waals surface area contributed by atoms with E-state index in [0.717, 1.165) is 5.56 Å². The third-order valence-corrected chi connectivity index (χ3v) is 4.01. The third-order valence-electron chi connectivity index (χ3n) is 4.01. The maximum absolute atomic E-state index is 13.3. The average Bonchev–Trinajstić information content (AvgIpc) is 3.10. The van der Waals surface area contributed by atoms with Crippen LogP contribution in [-0.4, -0.2) is 35.9 Å². The Morgan fingerprint density at radius 3 is 2.79 bits per heavy atom. The number of rotatable bonds is 5. The van der Waals surface area contributed by atoms with E-state index in [1.807, 2.05) is 0 Å². The molecular weight excluding hydrogens is 363 g/mol. The molecule has 0 bridgehead atoms. The number of benzene rings is 2. The van der Waals surface area contributed by atoms with Crippen molar-refractivity contribution >= 4 is 22.9 Å². The van der Waals surface area contributed by atoms with Crippen molar-refractivity contribution in [3.63, 3.8) is 0 Å². The smallest absolute Gasteiger partial charge is 0.257 e. The summed E-state index contributed by atoms with van der Waals surface area (Å²) in [4.78, 5) is 24.5. The second-order valence-electron chi connectivity index (χ2n) is 6.03. The third kappa shape index (κ3) is 3.34. The molecule has 0 saturated carbocycles. The first kappa shape index (κ1) is 17.5. The highest BCUT2D eigenvalue weighted by molar-refractivity contribution is 6.03. The molecule has 0 spiro atoms. The maximum Gasteiger partial charge on any atom is 0.257 e. The largest absolute Gasteiger partial charge is 0.366 e. The van der Waals surface area contributed by atoms with Crippen LogP contribution in [0.25, 0.3) is 17.0 Å². The molecular formula is C18H15FN8O. The zero-order valence-electron chi connectivity index (χ0n) is 14.8. The number of fused-ring (bicyclic) bond motifs is 1. The van der Waals surface area contributed by atoms with E-state index in [9.17, 15) is 9.18 Å². The lowest BCUT2D eigenvalue weighted by molar-refractivity contribution is 0.100. The van der Waals surface area contributed by atoms with Crippen LogP contribution in [0.4, 0.5) is 10.3 Å². The number of nitrogens with zero attached hydrogens (tertiary/aromatic N) is 6. The second-order valence-corrected chi connectivity index (χ2v) is 6.03. The summed E-state index contributed by atoms with van der Waals surface area (Å²) in [6.45, 7) is 2.05. The molecule has 10 heteroatoms. The fourth-order valence-corrected chi connectivity index (χ4v) is 2.76. The monoisotopic (exact) mass is 378 g/mol. The van der Waals surface area contributed by atoms with E-state index in [4.69, 9.17) is 5.73 Å². The topological polar surface area (TPSA) is 125 Å². The fourth-order valence-electron chi connectivity index (χ4n) is 2.76. The van der Waals surface area contributed by atoms with Crippen LogP contribution in [0, 0.1) is 12.7 Å². The van der Waals surface area contributed by atoms with Crippen molar-refractivity contribution in [2.45, 2.75) is 13.5 Å². The quantitative estimate of drug-likeness (QED) is 0.542. The SMILES string of the molecule is Cc1nc(NCc2cccc(F)c2)nc(-n2nnc3c(C(N)=O)cccc32)n1. The van der Waals surface area contributed by atoms with Gasteiger partial charge in [0.1, 0.15) is 17.2 Å². The van der Waals surface area contributed by atoms with Gasteiger partial charge in [0.25, 0.3) is 11.9 Å². The summed E-state index contributed by atoms with van der Waals surface area (Å²) in [6.07, 6.45) is 0. The van der Waals surface area contributed by atoms with Crippen molar-refractivity contribution < 1.29 is 9.18 Å². The minimum atomic E-state index is -0.595. The van der Waals surface area contributed by atoms with Crippen LogP contribution in [-0.2, 0) is 6.54 Å². The number of hydrogen-bond donors (Lipinski definition) is 2. The van der Waals surface area contributed by atoms with Gasteiger partial charge in [0.15, 0.2) is 0 Å². The summed E-state index contributed by atoms with van der Waals surface area (Å²) >= 11 is 0. The van der Waals surface area contributed by atoms with Crippen molar-refractivity contribution in [3.8, 4) is 5.95 Å². The molecule has 0 aliphatic rings. The van der Waals surface area contributed by atoms with Gasteiger partial charge in [-0.3, -0.25) is 4.79 Å². The van der Waals surface area contributed by atoms with E-state index < -0.39 is 5.91 Å². The van der Waals surface area contributed by atoms with Gasteiger partial charge < -0.3 is 11.1 Å². The zero-order valence-corrected chi connectivity index (χ0v) is 14.8. The highest BCUT2D eigenvalue weighted by Gasteiger charge is 2.16. The van der Waals surface area contributed by atoms with E-state index in [1.165, 1.54) is 16.8 Å². The zero-order chi connectivity index (χ0) is 19.7. The molecule has 0 atom stereocenters. The lowest BCUT2D eigenvalue weighted by atomic mass is 10.2. The molecule has 0 aliphatic heterocycles. The molecule has 140 valence electrons. The number of primary amides is 1. The van der Waals surface area contributed by atoms with Gasteiger partial charge in [0, 0.05) is 6.54 Å². The van der Waals surface area contributed by atoms with Crippen LogP contribution in [0.2, 0.25) is 0 Å². The van der Waals surface area contributed by atoms with Crippen LogP contribution in [0.1, 0.15) is 21.7 Å². The van der Waals surface area contributed by atoms with Gasteiger partial charge in [0.2, 0.25) is 5.95 Å². The van der Waals surface area contributed by atoms with Gasteiger partial charge in [-0.2, -0.15) is 19.6 Å². The summed E-state index contributed by atoms with van der Waals surface area (Å²) < 4.78 is 14.7. The summed E-state index contributed by atoms with van der Waals surface area (Å²) in [6, 6.07) is 11.2. The molecule has 0 radical (unpaired) electrons. The summed E-state index contributed by atoms with van der Waals surface area (Å²) in [7, 11) is 0. The van der Waals surface area contributed by atoms with Gasteiger partial charge in [-0.1, -0.05) is 23.4 Å². The lowest BCUT2D eigenvalue weighted by Gasteiger charge is -2.08. The molecule has 2 aromatic heterocycles. The highest BCUT2D eigenvalue weighted by atomic mass is 19.1. The number of anilines is 1. The molecule has 3 N–H and O–H groups in total. The Balaban J connectivity index is 1.68. The van der Waals surface area contributed by atoms with Crippen molar-refractivity contribution in [1.29, 1.82) is 0 Å². The number of nitrogens with two attached hydrogens (primary N) is 1. The normalized spacial score (nSPS) is 10.9. The molecule has 0 unspecified atom stereocenters. The number of halogens is 1. The van der Waals surface area contributed by atoms with Gasteiger partial charge in [0.05, 0.1) is 11.1 Å². The van der Waals surface area contributed by atoms with E-state index in [1.54, 1.807) is 37.3 Å². The average molecular weight is 378 g/mol. The predicted octanol–water partition coefficient (Wildman–Crippen LogP) is 1.76. The molecule has 9 nitrogen and oxygen atoms in total. The molecule has 1 amide bonds. The standard InChI is InChI=1S/C18H15FN8O/c1-10-22-17(21-9-11-4-2-5-12(19)8-11)24-18(23-10)27-14-7-3-6-13(16(20)28)15(14)25-26-27/h2-8H,9H2,1H3,(H2,20,28)(H,21,22,23,24). The van der Waals surface area contributed by atoms with Crippen molar-refractivity contribution in [2.75, 3.05) is 5.32 Å². The Kier molecular flexibility index (Phi) is 4.36. The van der Waals surface area contributed by atoms with E-state index in [0.29, 0.717) is 29.4 Å². The Morgan fingerprint density at radius 1 is 1.18 bits per heavy atom. The van der Waals surface area contributed by atoms with E-state index in [-0.39, 0.29) is 17.3 Å². The first-order chi connectivity index (χ1) is 13.5. The number of carbonyl (C=O) groups excluding carboxylic acids is 1. The Hall–Kier alpha value is -3.95. The minimum absolute atomic E-state index is 0.235. The van der Waals surface area contributed by atoms with Crippen LogP contribution < -0.4 is 11.1 Å². The number of amides is 1. The number of hydrogen-bond acceptors (Lipinski definition) is 7. The molecule has 0 aliphatic carbocycles. The molecule has 2 aromatic carbocycles. The lowest BCUT2D eigenvalue weighted by Crippen LogP contribution is -2.12. The first-order valence-corrected chi connectivity index (χ1v) is 8.37. The number of aryl methyl sites for hydroxylation is 1. The minimum Gasteiger partial charge on any atom is -0.366 e. The van der Waals surface area contributed by atoms with Crippen molar-refractivity contribution in [2.24, 2.45) is 5.73 Å². The summed E-state index contributed by atoms with van der Waals surface area (Å²) in [5, 5.41) is 11.1. The Bertz CT molecular complexity index is 1190. The molecule has 0 fully saturated rings. The van der Waals surface area contributed by atoms with Gasteiger partial charge in [-0.05, 0) is 36.8 Å². The van der Waals surface area contributed by atoms with E-state index in [2.05, 4.69) is 30.6 Å². The Labute approximate surface area is 158 Å².